The summed E-state index contributed by atoms with van der Waals surface area (Å²) in [6.45, 7) is 2.18. The number of carbonyl (C=O) groups excluding carboxylic acids is 1. The highest BCUT2D eigenvalue weighted by atomic mass is 16.6. The average molecular weight is 168 g/mol. The van der Waals surface area contributed by atoms with Gasteiger partial charge in [-0.1, -0.05) is 19.8 Å². The molecule has 0 unspecified atom stereocenters. The third-order valence-corrected chi connectivity index (χ3v) is 3.04. The highest BCUT2D eigenvalue weighted by Crippen LogP contribution is 2.49. The van der Waals surface area contributed by atoms with Gasteiger partial charge in [0.05, 0.1) is 0 Å². The number of epoxide rings is 1. The first kappa shape index (κ1) is 8.24. The van der Waals surface area contributed by atoms with E-state index in [-0.39, 0.29) is 11.7 Å². The predicted molar refractivity (Wildman–Crippen MR) is 46.0 cm³/mol. The van der Waals surface area contributed by atoms with Crippen LogP contribution in [0.3, 0.4) is 0 Å². The van der Waals surface area contributed by atoms with Gasteiger partial charge in [0, 0.05) is 6.42 Å². The third-order valence-electron chi connectivity index (χ3n) is 3.04. The Morgan fingerprint density at radius 3 is 3.25 bits per heavy atom. The number of unbranched alkanes of at least 4 members (excludes halogenated alkanes) is 1. The first-order valence-corrected chi connectivity index (χ1v) is 4.99. The van der Waals surface area contributed by atoms with E-state index in [0.29, 0.717) is 5.78 Å². The summed E-state index contributed by atoms with van der Waals surface area (Å²) in [4.78, 5) is 11.3. The van der Waals surface area contributed by atoms with Crippen molar-refractivity contribution in [3.05, 3.63) is 0 Å². The van der Waals surface area contributed by atoms with Crippen LogP contribution >= 0.6 is 0 Å². The molecular formula is C10H16O2. The standard InChI is InChI=1S/C10H16O2/c1-2-3-6-10-7-4-5-8(11)9(10)12-10/h9H,2-7H2,1H3/t9-,10+/m0/s1. The van der Waals surface area contributed by atoms with Crippen LogP contribution in [0.1, 0.15) is 45.4 Å². The SMILES string of the molecule is CCCC[C@@]12CCCC(=O)[C@@H]1O2. The summed E-state index contributed by atoms with van der Waals surface area (Å²) in [6, 6.07) is 0. The maximum atomic E-state index is 11.3. The molecule has 2 fully saturated rings. The van der Waals surface area contributed by atoms with E-state index in [1.54, 1.807) is 0 Å². The van der Waals surface area contributed by atoms with Crippen molar-refractivity contribution >= 4 is 5.78 Å². The van der Waals surface area contributed by atoms with Crippen LogP contribution in [0.2, 0.25) is 0 Å². The Morgan fingerprint density at radius 2 is 2.50 bits per heavy atom. The van der Waals surface area contributed by atoms with Crippen molar-refractivity contribution in [1.29, 1.82) is 0 Å². The van der Waals surface area contributed by atoms with Crippen LogP contribution in [-0.2, 0) is 9.53 Å². The maximum Gasteiger partial charge on any atom is 0.164 e. The van der Waals surface area contributed by atoms with Crippen molar-refractivity contribution in [2.45, 2.75) is 57.2 Å². The molecule has 2 aliphatic rings. The van der Waals surface area contributed by atoms with Gasteiger partial charge in [-0.25, -0.2) is 0 Å². The minimum Gasteiger partial charge on any atom is -0.358 e. The van der Waals surface area contributed by atoms with Crippen molar-refractivity contribution < 1.29 is 9.53 Å². The first-order valence-electron chi connectivity index (χ1n) is 4.99. The Labute approximate surface area is 73.3 Å². The van der Waals surface area contributed by atoms with Crippen LogP contribution in [0.25, 0.3) is 0 Å². The van der Waals surface area contributed by atoms with Crippen molar-refractivity contribution in [2.24, 2.45) is 0 Å². The number of ether oxygens (including phenoxy) is 1. The molecule has 0 aromatic rings. The largest absolute Gasteiger partial charge is 0.358 e. The Bertz CT molecular complexity index is 200. The van der Waals surface area contributed by atoms with Crippen LogP contribution < -0.4 is 0 Å². The zero-order valence-electron chi connectivity index (χ0n) is 7.64. The minimum atomic E-state index is -0.00204. The quantitative estimate of drug-likeness (QED) is 0.604. The molecule has 2 rings (SSSR count). The van der Waals surface area contributed by atoms with E-state index >= 15 is 0 Å². The van der Waals surface area contributed by atoms with E-state index in [9.17, 15) is 4.79 Å². The van der Waals surface area contributed by atoms with E-state index in [2.05, 4.69) is 6.92 Å². The Kier molecular flexibility index (Phi) is 1.95. The lowest BCUT2D eigenvalue weighted by atomic mass is 9.85. The number of Topliss-reactive ketones (excluding diaryl/α,β-unsaturated/α-hetero) is 1. The van der Waals surface area contributed by atoms with Gasteiger partial charge in [0.15, 0.2) is 5.78 Å². The molecule has 1 saturated heterocycles. The fourth-order valence-corrected chi connectivity index (χ4v) is 2.23. The third kappa shape index (κ3) is 1.18. The fourth-order valence-electron chi connectivity index (χ4n) is 2.23. The molecule has 0 aromatic heterocycles. The second-order valence-corrected chi connectivity index (χ2v) is 3.99. The van der Waals surface area contributed by atoms with Crippen LogP contribution in [0, 0.1) is 0 Å². The molecule has 68 valence electrons. The van der Waals surface area contributed by atoms with Gasteiger partial charge in [-0.3, -0.25) is 4.79 Å². The van der Waals surface area contributed by atoms with Gasteiger partial charge in [0.2, 0.25) is 0 Å². The van der Waals surface area contributed by atoms with E-state index in [4.69, 9.17) is 4.74 Å². The highest BCUT2D eigenvalue weighted by molar-refractivity contribution is 5.87. The Hall–Kier alpha value is -0.370. The van der Waals surface area contributed by atoms with E-state index < -0.39 is 0 Å². The fraction of sp³-hybridized carbons (Fsp3) is 0.900. The zero-order valence-corrected chi connectivity index (χ0v) is 7.64. The van der Waals surface area contributed by atoms with Gasteiger partial charge < -0.3 is 4.74 Å². The molecule has 0 amide bonds. The minimum absolute atomic E-state index is 0.00204. The maximum absolute atomic E-state index is 11.3. The molecule has 0 radical (unpaired) electrons. The number of hydrogen-bond donors (Lipinski definition) is 0. The van der Waals surface area contributed by atoms with Gasteiger partial charge in [-0.05, 0) is 19.3 Å². The molecule has 2 heteroatoms. The molecule has 1 aliphatic carbocycles. The number of rotatable bonds is 3. The summed E-state index contributed by atoms with van der Waals surface area (Å²) in [7, 11) is 0. The molecule has 2 nitrogen and oxygen atoms in total. The van der Waals surface area contributed by atoms with Crippen molar-refractivity contribution in [3.63, 3.8) is 0 Å². The normalized spacial score (nSPS) is 39.4. The summed E-state index contributed by atoms with van der Waals surface area (Å²) in [5.41, 5.74) is 0.0192. The van der Waals surface area contributed by atoms with E-state index in [1.165, 1.54) is 12.8 Å². The van der Waals surface area contributed by atoms with Gasteiger partial charge in [-0.15, -0.1) is 0 Å². The molecule has 1 heterocycles. The van der Waals surface area contributed by atoms with Crippen LogP contribution in [0.4, 0.5) is 0 Å². The van der Waals surface area contributed by atoms with Crippen molar-refractivity contribution in [1.82, 2.24) is 0 Å². The first-order chi connectivity index (χ1) is 5.78. The smallest absolute Gasteiger partial charge is 0.164 e. The molecule has 12 heavy (non-hydrogen) atoms. The lowest BCUT2D eigenvalue weighted by Gasteiger charge is -2.15. The van der Waals surface area contributed by atoms with E-state index in [0.717, 1.165) is 25.7 Å². The zero-order chi connectivity index (χ0) is 8.60. The predicted octanol–water partition coefficient (Wildman–Crippen LogP) is 2.07. The van der Waals surface area contributed by atoms with E-state index in [1.807, 2.05) is 0 Å². The van der Waals surface area contributed by atoms with Crippen LogP contribution in [0.5, 0.6) is 0 Å². The van der Waals surface area contributed by atoms with Crippen LogP contribution in [0.15, 0.2) is 0 Å². The van der Waals surface area contributed by atoms with Gasteiger partial charge in [0.25, 0.3) is 0 Å². The molecule has 0 N–H and O–H groups in total. The number of hydrogen-bond acceptors (Lipinski definition) is 2. The average Bonchev–Trinajstić information content (AvgIpc) is 2.78. The topological polar surface area (TPSA) is 29.6 Å². The van der Waals surface area contributed by atoms with Gasteiger partial charge in [0.1, 0.15) is 11.7 Å². The van der Waals surface area contributed by atoms with Crippen molar-refractivity contribution in [2.75, 3.05) is 0 Å². The number of carbonyl (C=O) groups is 1. The second kappa shape index (κ2) is 2.84. The molecule has 0 spiro atoms. The summed E-state index contributed by atoms with van der Waals surface area (Å²) in [6.07, 6.45) is 6.40. The Morgan fingerprint density at radius 1 is 1.67 bits per heavy atom. The summed E-state index contributed by atoms with van der Waals surface area (Å²) < 4.78 is 5.53. The Balaban J connectivity index is 1.92. The molecular weight excluding hydrogens is 152 g/mol. The molecule has 1 saturated carbocycles. The van der Waals surface area contributed by atoms with Gasteiger partial charge in [-0.2, -0.15) is 0 Å². The molecule has 0 aromatic carbocycles. The molecule has 2 atom stereocenters. The summed E-state index contributed by atoms with van der Waals surface area (Å²) >= 11 is 0. The highest BCUT2D eigenvalue weighted by Gasteiger charge is 2.60. The van der Waals surface area contributed by atoms with Crippen molar-refractivity contribution in [3.8, 4) is 0 Å². The lowest BCUT2D eigenvalue weighted by molar-refractivity contribution is -0.120. The lowest BCUT2D eigenvalue weighted by Crippen LogP contribution is -2.26. The molecule has 0 bridgehead atoms. The second-order valence-electron chi connectivity index (χ2n) is 3.99. The number of ketones is 1. The molecule has 1 aliphatic heterocycles. The summed E-state index contributed by atoms with van der Waals surface area (Å²) in [5, 5.41) is 0. The number of fused-ring (bicyclic) bond motifs is 1. The van der Waals surface area contributed by atoms with Gasteiger partial charge >= 0.3 is 0 Å². The summed E-state index contributed by atoms with van der Waals surface area (Å²) in [5.74, 6) is 0.345. The monoisotopic (exact) mass is 168 g/mol. The van der Waals surface area contributed by atoms with Crippen LogP contribution in [-0.4, -0.2) is 17.5 Å².